The normalized spacial score (nSPS) is 9.64. The van der Waals surface area contributed by atoms with Gasteiger partial charge in [-0.2, -0.15) is 0 Å². The van der Waals surface area contributed by atoms with Crippen LogP contribution in [-0.2, 0) is 4.79 Å². The number of pyridine rings is 1. The van der Waals surface area contributed by atoms with Gasteiger partial charge in [0.25, 0.3) is 5.91 Å². The van der Waals surface area contributed by atoms with Gasteiger partial charge in [0.15, 0.2) is 0 Å². The molecule has 1 heterocycles. The summed E-state index contributed by atoms with van der Waals surface area (Å²) in [5.41, 5.74) is -0.0353. The predicted molar refractivity (Wildman–Crippen MR) is 50.3 cm³/mol. The Kier molecular flexibility index (Phi) is 3.16. The second-order valence-electron chi connectivity index (χ2n) is 2.53. The van der Waals surface area contributed by atoms with E-state index in [1.165, 1.54) is 19.2 Å². The van der Waals surface area contributed by atoms with E-state index in [1.807, 2.05) is 0 Å². The highest BCUT2D eigenvalue weighted by molar-refractivity contribution is 6.33. The summed E-state index contributed by atoms with van der Waals surface area (Å²) < 4.78 is 0. The van der Waals surface area contributed by atoms with Crippen LogP contribution in [0.2, 0.25) is 5.02 Å². The minimum atomic E-state index is -0.719. The number of carbonyl (C=O) groups is 2. The predicted octanol–water partition coefficient (Wildman–Crippen LogP) is 0.597. The van der Waals surface area contributed by atoms with Gasteiger partial charge in [-0.25, -0.2) is 15.8 Å². The monoisotopic (exact) mass is 213 g/mol. The van der Waals surface area contributed by atoms with Gasteiger partial charge in [0.1, 0.15) is 5.69 Å². The van der Waals surface area contributed by atoms with Gasteiger partial charge in [0, 0.05) is 13.1 Å². The minimum Gasteiger partial charge on any atom is -0.273 e. The molecule has 0 radical (unpaired) electrons. The van der Waals surface area contributed by atoms with Crippen LogP contribution in [0.4, 0.5) is 0 Å². The molecule has 0 unspecified atom stereocenters. The first-order chi connectivity index (χ1) is 6.54. The maximum absolute atomic E-state index is 11.4. The molecule has 2 N–H and O–H groups in total. The van der Waals surface area contributed by atoms with Crippen molar-refractivity contribution in [1.82, 2.24) is 9.99 Å². The summed E-state index contributed by atoms with van der Waals surface area (Å²) in [6.45, 7) is 1.18. The first-order valence-electron chi connectivity index (χ1n) is 3.74. The summed E-state index contributed by atoms with van der Waals surface area (Å²) in [4.78, 5) is 25.9. The van der Waals surface area contributed by atoms with Crippen molar-refractivity contribution < 1.29 is 9.59 Å². The highest BCUT2D eigenvalue weighted by atomic mass is 35.5. The van der Waals surface area contributed by atoms with Crippen molar-refractivity contribution in [3.05, 3.63) is 29.0 Å². The van der Waals surface area contributed by atoms with E-state index >= 15 is 0 Å². The van der Waals surface area contributed by atoms with Crippen LogP contribution < -0.4 is 5.84 Å². The second-order valence-corrected chi connectivity index (χ2v) is 2.94. The van der Waals surface area contributed by atoms with E-state index in [9.17, 15) is 9.59 Å². The lowest BCUT2D eigenvalue weighted by Gasteiger charge is -2.11. The van der Waals surface area contributed by atoms with Crippen molar-refractivity contribution in [2.45, 2.75) is 6.92 Å². The van der Waals surface area contributed by atoms with Crippen LogP contribution in [0.3, 0.4) is 0 Å². The molecule has 0 fully saturated rings. The van der Waals surface area contributed by atoms with Gasteiger partial charge in [-0.05, 0) is 12.1 Å². The molecule has 2 amide bonds. The summed E-state index contributed by atoms with van der Waals surface area (Å²) in [5, 5.41) is 0.628. The molecule has 0 aromatic carbocycles. The first kappa shape index (κ1) is 10.6. The Morgan fingerprint density at radius 1 is 1.57 bits per heavy atom. The highest BCUT2D eigenvalue weighted by Gasteiger charge is 2.19. The van der Waals surface area contributed by atoms with E-state index in [0.29, 0.717) is 5.01 Å². The molecule has 74 valence electrons. The number of nitrogens with zero attached hydrogens (tertiary/aromatic N) is 2. The molecule has 0 saturated carbocycles. The number of aromatic nitrogens is 1. The van der Waals surface area contributed by atoms with Crippen LogP contribution in [0.25, 0.3) is 0 Å². The van der Waals surface area contributed by atoms with E-state index in [1.54, 1.807) is 6.07 Å². The number of carbonyl (C=O) groups excluding carboxylic acids is 2. The fourth-order valence-electron chi connectivity index (χ4n) is 0.800. The largest absolute Gasteiger partial charge is 0.294 e. The van der Waals surface area contributed by atoms with Crippen LogP contribution in [-0.4, -0.2) is 21.8 Å². The number of imide groups is 1. The molecule has 0 saturated heterocycles. The highest BCUT2D eigenvalue weighted by Crippen LogP contribution is 2.13. The van der Waals surface area contributed by atoms with Crippen molar-refractivity contribution in [3.63, 3.8) is 0 Å². The van der Waals surface area contributed by atoms with E-state index in [0.717, 1.165) is 0 Å². The number of nitrogens with two attached hydrogens (primary N) is 1. The Bertz CT molecular complexity index is 381. The third kappa shape index (κ3) is 2.07. The van der Waals surface area contributed by atoms with Gasteiger partial charge in [-0.3, -0.25) is 9.59 Å². The standard InChI is InChI=1S/C8H8ClN3O2/c1-5(13)12(10)8(14)7-6(9)3-2-4-11-7/h2-4H,10H2,1H3. The van der Waals surface area contributed by atoms with Gasteiger partial charge < -0.3 is 0 Å². The molecule has 1 aromatic heterocycles. The van der Waals surface area contributed by atoms with Gasteiger partial charge in [-0.1, -0.05) is 11.6 Å². The molecule has 0 bridgehead atoms. The molecule has 5 nitrogen and oxygen atoms in total. The zero-order valence-corrected chi connectivity index (χ0v) is 8.15. The summed E-state index contributed by atoms with van der Waals surface area (Å²) >= 11 is 5.69. The Hall–Kier alpha value is -1.46. The molecule has 14 heavy (non-hydrogen) atoms. The fraction of sp³-hybridized carbons (Fsp3) is 0.125. The smallest absolute Gasteiger partial charge is 0.273 e. The number of hydrogen-bond acceptors (Lipinski definition) is 4. The molecule has 6 heteroatoms. The second kappa shape index (κ2) is 4.17. The molecular formula is C8H8ClN3O2. The Morgan fingerprint density at radius 3 is 2.71 bits per heavy atom. The van der Waals surface area contributed by atoms with Crippen molar-refractivity contribution in [2.75, 3.05) is 0 Å². The lowest BCUT2D eigenvalue weighted by atomic mass is 10.3. The maximum atomic E-state index is 11.4. The Labute approximate surface area is 85.4 Å². The Balaban J connectivity index is 3.01. The van der Waals surface area contributed by atoms with Crippen LogP contribution >= 0.6 is 11.6 Å². The SMILES string of the molecule is CC(=O)N(N)C(=O)c1ncccc1Cl. The van der Waals surface area contributed by atoms with Gasteiger partial charge in [0.2, 0.25) is 5.91 Å². The first-order valence-corrected chi connectivity index (χ1v) is 4.12. The lowest BCUT2D eigenvalue weighted by Crippen LogP contribution is -2.41. The van der Waals surface area contributed by atoms with Crippen LogP contribution in [0.1, 0.15) is 17.4 Å². The van der Waals surface area contributed by atoms with Crippen LogP contribution in [0.15, 0.2) is 18.3 Å². The number of rotatable bonds is 1. The van der Waals surface area contributed by atoms with E-state index in [2.05, 4.69) is 4.98 Å². The summed E-state index contributed by atoms with van der Waals surface area (Å²) in [5.74, 6) is 3.90. The average molecular weight is 214 g/mol. The average Bonchev–Trinajstić information content (AvgIpc) is 2.16. The van der Waals surface area contributed by atoms with E-state index < -0.39 is 11.8 Å². The molecule has 0 aliphatic carbocycles. The molecule has 0 aliphatic rings. The molecule has 0 aliphatic heterocycles. The maximum Gasteiger partial charge on any atom is 0.294 e. The number of hydrogen-bond donors (Lipinski definition) is 1. The van der Waals surface area contributed by atoms with Crippen LogP contribution in [0, 0.1) is 0 Å². The minimum absolute atomic E-state index is 0.0353. The molecule has 1 aromatic rings. The topological polar surface area (TPSA) is 76.3 Å². The van der Waals surface area contributed by atoms with Crippen molar-refractivity contribution in [1.29, 1.82) is 0 Å². The Morgan fingerprint density at radius 2 is 2.21 bits per heavy atom. The summed E-state index contributed by atoms with van der Waals surface area (Å²) in [7, 11) is 0. The third-order valence-electron chi connectivity index (χ3n) is 1.52. The third-order valence-corrected chi connectivity index (χ3v) is 1.82. The van der Waals surface area contributed by atoms with Gasteiger partial charge in [-0.15, -0.1) is 0 Å². The van der Waals surface area contributed by atoms with E-state index in [4.69, 9.17) is 17.4 Å². The summed E-state index contributed by atoms with van der Waals surface area (Å²) in [6, 6.07) is 3.07. The van der Waals surface area contributed by atoms with Gasteiger partial charge >= 0.3 is 0 Å². The van der Waals surface area contributed by atoms with Crippen molar-refractivity contribution in [3.8, 4) is 0 Å². The zero-order valence-electron chi connectivity index (χ0n) is 7.40. The zero-order chi connectivity index (χ0) is 10.7. The van der Waals surface area contributed by atoms with Crippen molar-refractivity contribution >= 4 is 23.4 Å². The van der Waals surface area contributed by atoms with Crippen molar-refractivity contribution in [2.24, 2.45) is 5.84 Å². The number of hydrazine groups is 1. The quantitative estimate of drug-likeness (QED) is 0.421. The fourth-order valence-corrected chi connectivity index (χ4v) is 1.00. The number of halogens is 1. The molecular weight excluding hydrogens is 206 g/mol. The molecule has 0 spiro atoms. The number of amides is 2. The molecule has 0 atom stereocenters. The van der Waals surface area contributed by atoms with Gasteiger partial charge in [0.05, 0.1) is 5.02 Å². The lowest BCUT2D eigenvalue weighted by molar-refractivity contribution is -0.126. The van der Waals surface area contributed by atoms with E-state index in [-0.39, 0.29) is 10.7 Å². The van der Waals surface area contributed by atoms with Crippen LogP contribution in [0.5, 0.6) is 0 Å². The molecule has 1 rings (SSSR count). The summed E-state index contributed by atoms with van der Waals surface area (Å²) in [6.07, 6.45) is 1.40.